The Morgan fingerprint density at radius 3 is 2.28 bits per heavy atom. The van der Waals surface area contributed by atoms with Crippen LogP contribution in [-0.4, -0.2) is 16.6 Å². The van der Waals surface area contributed by atoms with Gasteiger partial charge >= 0.3 is 0 Å². The van der Waals surface area contributed by atoms with Crippen LogP contribution in [0.4, 0.5) is 0 Å². The lowest BCUT2D eigenvalue weighted by Gasteiger charge is -2.28. The standard InChI is InChI=1S/C26H34N2O/c1-3-5-6-18-29-25-19-27-26(28-20-25)17-12-22-10-15-24(16-11-22)23-13-8-21(7-4-2)9-14-23/h10-11,15-16,19-21,23H,3-9,13-14,18H2,1-2H3/t21-,23-. The third kappa shape index (κ3) is 6.89. The highest BCUT2D eigenvalue weighted by atomic mass is 16.5. The number of benzene rings is 1. The highest BCUT2D eigenvalue weighted by molar-refractivity contribution is 5.40. The maximum absolute atomic E-state index is 5.64. The molecule has 1 saturated carbocycles. The summed E-state index contributed by atoms with van der Waals surface area (Å²) in [6.07, 6.45) is 15.0. The first-order valence-electron chi connectivity index (χ1n) is 11.3. The number of ether oxygens (including phenoxy) is 1. The zero-order valence-corrected chi connectivity index (χ0v) is 18.0. The molecule has 3 heteroatoms. The van der Waals surface area contributed by atoms with Gasteiger partial charge in [-0.05, 0) is 67.6 Å². The first kappa shape index (κ1) is 21.4. The van der Waals surface area contributed by atoms with E-state index in [1.165, 1.54) is 56.9 Å². The highest BCUT2D eigenvalue weighted by Gasteiger charge is 2.21. The van der Waals surface area contributed by atoms with Crippen LogP contribution in [0, 0.1) is 17.8 Å². The Balaban J connectivity index is 1.51. The summed E-state index contributed by atoms with van der Waals surface area (Å²) in [6.45, 7) is 5.20. The minimum Gasteiger partial charge on any atom is -0.490 e. The second-order valence-electron chi connectivity index (χ2n) is 8.18. The lowest BCUT2D eigenvalue weighted by molar-refractivity contribution is 0.304. The highest BCUT2D eigenvalue weighted by Crippen LogP contribution is 2.37. The van der Waals surface area contributed by atoms with E-state index in [1.807, 2.05) is 0 Å². The zero-order valence-electron chi connectivity index (χ0n) is 18.0. The molecule has 1 fully saturated rings. The summed E-state index contributed by atoms with van der Waals surface area (Å²) < 4.78 is 5.64. The molecular weight excluding hydrogens is 356 g/mol. The van der Waals surface area contributed by atoms with Gasteiger partial charge in [0.15, 0.2) is 5.75 Å². The van der Waals surface area contributed by atoms with Gasteiger partial charge in [0.2, 0.25) is 5.82 Å². The van der Waals surface area contributed by atoms with E-state index in [9.17, 15) is 0 Å². The molecule has 29 heavy (non-hydrogen) atoms. The molecule has 1 aliphatic carbocycles. The van der Waals surface area contributed by atoms with E-state index in [0.29, 0.717) is 11.6 Å². The van der Waals surface area contributed by atoms with Crippen LogP contribution >= 0.6 is 0 Å². The molecule has 0 saturated heterocycles. The normalized spacial score (nSPS) is 18.7. The SMILES string of the molecule is CCCCCOc1cnc(C#Cc2ccc([C@H]3CC[C@H](CCC)CC3)cc2)nc1. The van der Waals surface area contributed by atoms with Crippen LogP contribution in [0.5, 0.6) is 5.75 Å². The third-order valence-corrected chi connectivity index (χ3v) is 5.89. The smallest absolute Gasteiger partial charge is 0.205 e. The summed E-state index contributed by atoms with van der Waals surface area (Å²) in [6, 6.07) is 8.77. The summed E-state index contributed by atoms with van der Waals surface area (Å²) >= 11 is 0. The molecule has 1 aromatic heterocycles. The van der Waals surface area contributed by atoms with Crippen molar-refractivity contribution in [2.24, 2.45) is 5.92 Å². The summed E-state index contributed by atoms with van der Waals surface area (Å²) in [7, 11) is 0. The van der Waals surface area contributed by atoms with Crippen molar-refractivity contribution < 1.29 is 4.74 Å². The predicted molar refractivity (Wildman–Crippen MR) is 119 cm³/mol. The fourth-order valence-electron chi connectivity index (χ4n) is 4.16. The van der Waals surface area contributed by atoms with Gasteiger partial charge in [-0.25, -0.2) is 9.97 Å². The first-order valence-corrected chi connectivity index (χ1v) is 11.3. The molecule has 1 heterocycles. The monoisotopic (exact) mass is 390 g/mol. The van der Waals surface area contributed by atoms with Gasteiger partial charge in [-0.3, -0.25) is 0 Å². The van der Waals surface area contributed by atoms with Crippen molar-refractivity contribution in [3.8, 4) is 17.6 Å². The second kappa shape index (κ2) is 11.6. The lowest BCUT2D eigenvalue weighted by atomic mass is 9.77. The summed E-state index contributed by atoms with van der Waals surface area (Å²) in [5.74, 6) is 9.15. The van der Waals surface area contributed by atoms with Crippen molar-refractivity contribution in [1.82, 2.24) is 9.97 Å². The molecule has 0 unspecified atom stereocenters. The van der Waals surface area contributed by atoms with E-state index in [4.69, 9.17) is 4.74 Å². The van der Waals surface area contributed by atoms with Gasteiger partial charge in [-0.2, -0.15) is 0 Å². The maximum Gasteiger partial charge on any atom is 0.205 e. The van der Waals surface area contributed by atoms with Gasteiger partial charge < -0.3 is 4.74 Å². The van der Waals surface area contributed by atoms with Crippen molar-refractivity contribution in [2.45, 2.75) is 77.6 Å². The zero-order chi connectivity index (χ0) is 20.3. The van der Waals surface area contributed by atoms with Gasteiger partial charge in [0, 0.05) is 5.56 Å². The van der Waals surface area contributed by atoms with Crippen molar-refractivity contribution in [1.29, 1.82) is 0 Å². The number of unbranched alkanes of at least 4 members (excludes halogenated alkanes) is 2. The Morgan fingerprint density at radius 2 is 1.62 bits per heavy atom. The second-order valence-corrected chi connectivity index (χ2v) is 8.18. The van der Waals surface area contributed by atoms with Crippen LogP contribution in [-0.2, 0) is 0 Å². The predicted octanol–water partition coefficient (Wildman–Crippen LogP) is 6.52. The summed E-state index contributed by atoms with van der Waals surface area (Å²) in [4.78, 5) is 8.59. The topological polar surface area (TPSA) is 35.0 Å². The average Bonchev–Trinajstić information content (AvgIpc) is 2.77. The van der Waals surface area contributed by atoms with Crippen LogP contribution in [0.1, 0.15) is 94.5 Å². The molecule has 154 valence electrons. The Labute approximate surface area is 176 Å². The molecular formula is C26H34N2O. The van der Waals surface area contributed by atoms with Crippen LogP contribution in [0.15, 0.2) is 36.7 Å². The van der Waals surface area contributed by atoms with Crippen molar-refractivity contribution in [3.05, 3.63) is 53.6 Å². The molecule has 0 aliphatic heterocycles. The van der Waals surface area contributed by atoms with Crippen LogP contribution < -0.4 is 4.74 Å². The van der Waals surface area contributed by atoms with Gasteiger partial charge in [-0.15, -0.1) is 0 Å². The number of rotatable bonds is 8. The van der Waals surface area contributed by atoms with Crippen LogP contribution in [0.3, 0.4) is 0 Å². The Bertz CT molecular complexity index is 778. The fraction of sp³-hybridized carbons (Fsp3) is 0.538. The van der Waals surface area contributed by atoms with Crippen molar-refractivity contribution in [3.63, 3.8) is 0 Å². The summed E-state index contributed by atoms with van der Waals surface area (Å²) in [5.41, 5.74) is 2.48. The first-order chi connectivity index (χ1) is 14.3. The number of nitrogens with zero attached hydrogens (tertiary/aromatic N) is 2. The minimum absolute atomic E-state index is 0.532. The van der Waals surface area contributed by atoms with E-state index < -0.39 is 0 Å². The van der Waals surface area contributed by atoms with E-state index in [2.05, 4.69) is 59.9 Å². The molecule has 1 aromatic carbocycles. The number of hydrogen-bond acceptors (Lipinski definition) is 3. The molecule has 3 nitrogen and oxygen atoms in total. The fourth-order valence-corrected chi connectivity index (χ4v) is 4.16. The van der Waals surface area contributed by atoms with Crippen LogP contribution in [0.25, 0.3) is 0 Å². The van der Waals surface area contributed by atoms with Crippen molar-refractivity contribution >= 4 is 0 Å². The van der Waals surface area contributed by atoms with Crippen LogP contribution in [0.2, 0.25) is 0 Å². The molecule has 0 radical (unpaired) electrons. The molecule has 0 bridgehead atoms. The largest absolute Gasteiger partial charge is 0.490 e. The quantitative estimate of drug-likeness (QED) is 0.380. The molecule has 1 aliphatic rings. The Kier molecular flexibility index (Phi) is 8.56. The average molecular weight is 391 g/mol. The minimum atomic E-state index is 0.532. The van der Waals surface area contributed by atoms with Gasteiger partial charge in [0.25, 0.3) is 0 Å². The summed E-state index contributed by atoms with van der Waals surface area (Å²) in [5, 5.41) is 0. The third-order valence-electron chi connectivity index (χ3n) is 5.89. The molecule has 0 atom stereocenters. The van der Waals surface area contributed by atoms with Gasteiger partial charge in [0.1, 0.15) is 0 Å². The van der Waals surface area contributed by atoms with E-state index >= 15 is 0 Å². The van der Waals surface area contributed by atoms with Gasteiger partial charge in [0.05, 0.1) is 19.0 Å². The molecule has 0 spiro atoms. The van der Waals surface area contributed by atoms with E-state index in [1.54, 1.807) is 12.4 Å². The van der Waals surface area contributed by atoms with Crippen molar-refractivity contribution in [2.75, 3.05) is 6.61 Å². The Morgan fingerprint density at radius 1 is 0.897 bits per heavy atom. The number of hydrogen-bond donors (Lipinski definition) is 0. The molecule has 3 rings (SSSR count). The Hall–Kier alpha value is -2.34. The maximum atomic E-state index is 5.64. The molecule has 0 amide bonds. The lowest BCUT2D eigenvalue weighted by Crippen LogP contribution is -2.13. The van der Waals surface area contributed by atoms with Gasteiger partial charge in [-0.1, -0.05) is 57.6 Å². The molecule has 2 aromatic rings. The van der Waals surface area contributed by atoms with E-state index in [-0.39, 0.29) is 0 Å². The van der Waals surface area contributed by atoms with E-state index in [0.717, 1.165) is 30.4 Å². The number of aromatic nitrogens is 2. The molecule has 0 N–H and O–H groups in total.